The lowest BCUT2D eigenvalue weighted by molar-refractivity contribution is -0.138. The predicted octanol–water partition coefficient (Wildman–Crippen LogP) is 6.73. The fraction of sp³-hybridized carbons (Fsp3) is 0.469. The molecule has 8 nitrogen and oxygen atoms in total. The molecule has 218 valence electrons. The molecule has 0 aliphatic heterocycles. The SMILES string of the molecule is C=Cc1cccc(C(C(=O)Nc2ccc(OC)cc2)N(CCCCCCCC)C(=O)CNC(=O)OC(C)(C)C)c1. The van der Waals surface area contributed by atoms with E-state index in [1.807, 2.05) is 24.3 Å². The van der Waals surface area contributed by atoms with Crippen LogP contribution in [0, 0.1) is 0 Å². The first kappa shape index (κ1) is 32.4. The van der Waals surface area contributed by atoms with E-state index < -0.39 is 17.7 Å². The van der Waals surface area contributed by atoms with Crippen molar-refractivity contribution >= 4 is 29.7 Å². The molecule has 0 aliphatic rings. The lowest BCUT2D eigenvalue weighted by atomic mass is 10.00. The van der Waals surface area contributed by atoms with Crippen molar-refractivity contribution in [3.63, 3.8) is 0 Å². The number of carbonyl (C=O) groups is 3. The summed E-state index contributed by atoms with van der Waals surface area (Å²) in [4.78, 5) is 41.3. The van der Waals surface area contributed by atoms with Gasteiger partial charge in [0.25, 0.3) is 5.91 Å². The maximum atomic E-state index is 13.8. The standard InChI is InChI=1S/C32H45N3O5/c1-7-9-10-11-12-13-21-35(28(36)23-33-31(38)40-32(3,4)5)29(25-16-14-15-24(8-2)22-25)30(37)34-26-17-19-27(39-6)20-18-26/h8,14-20,22,29H,2,7,9-13,21,23H2,1,3-6H3,(H,33,38)(H,34,37). The molecule has 0 aliphatic carbocycles. The number of ether oxygens (including phenoxy) is 2. The Morgan fingerprint density at radius 3 is 2.30 bits per heavy atom. The minimum atomic E-state index is -0.925. The van der Waals surface area contributed by atoms with E-state index >= 15 is 0 Å². The van der Waals surface area contributed by atoms with Gasteiger partial charge in [-0.1, -0.05) is 69.9 Å². The highest BCUT2D eigenvalue weighted by molar-refractivity contribution is 5.98. The Morgan fingerprint density at radius 1 is 1.00 bits per heavy atom. The molecule has 40 heavy (non-hydrogen) atoms. The molecular weight excluding hydrogens is 506 g/mol. The van der Waals surface area contributed by atoms with Crippen molar-refractivity contribution in [1.82, 2.24) is 10.2 Å². The van der Waals surface area contributed by atoms with Gasteiger partial charge in [-0.25, -0.2) is 4.79 Å². The topological polar surface area (TPSA) is 97.0 Å². The zero-order chi connectivity index (χ0) is 29.5. The van der Waals surface area contributed by atoms with E-state index in [9.17, 15) is 14.4 Å². The van der Waals surface area contributed by atoms with Crippen LogP contribution in [0.4, 0.5) is 10.5 Å². The first-order valence-electron chi connectivity index (χ1n) is 14.0. The molecule has 0 bridgehead atoms. The van der Waals surface area contributed by atoms with Gasteiger partial charge in [0.15, 0.2) is 0 Å². The fourth-order valence-corrected chi connectivity index (χ4v) is 4.24. The van der Waals surface area contributed by atoms with E-state index in [0.29, 0.717) is 23.5 Å². The van der Waals surface area contributed by atoms with Gasteiger partial charge < -0.3 is 25.0 Å². The Morgan fingerprint density at radius 2 is 1.68 bits per heavy atom. The Kier molecular flexibility index (Phi) is 13.2. The van der Waals surface area contributed by atoms with Crippen molar-refractivity contribution in [2.75, 3.05) is 25.5 Å². The van der Waals surface area contributed by atoms with Gasteiger partial charge in [-0.15, -0.1) is 0 Å². The van der Waals surface area contributed by atoms with Crippen molar-refractivity contribution < 1.29 is 23.9 Å². The third-order valence-electron chi connectivity index (χ3n) is 6.24. The average Bonchev–Trinajstić information content (AvgIpc) is 2.92. The number of hydrogen-bond donors (Lipinski definition) is 2. The van der Waals surface area contributed by atoms with Gasteiger partial charge in [-0.2, -0.15) is 0 Å². The smallest absolute Gasteiger partial charge is 0.408 e. The zero-order valence-electron chi connectivity index (χ0n) is 24.6. The highest BCUT2D eigenvalue weighted by atomic mass is 16.6. The number of amides is 3. The number of methoxy groups -OCH3 is 1. The number of rotatable bonds is 15. The molecule has 2 N–H and O–H groups in total. The van der Waals surface area contributed by atoms with Crippen molar-refractivity contribution in [3.8, 4) is 5.75 Å². The summed E-state index contributed by atoms with van der Waals surface area (Å²) in [6.07, 6.45) is 7.18. The summed E-state index contributed by atoms with van der Waals surface area (Å²) in [5.41, 5.74) is 1.37. The number of hydrogen-bond acceptors (Lipinski definition) is 5. The number of alkyl carbamates (subject to hydrolysis) is 1. The molecule has 2 aromatic rings. The average molecular weight is 552 g/mol. The van der Waals surface area contributed by atoms with Crippen LogP contribution >= 0.6 is 0 Å². The van der Waals surface area contributed by atoms with Crippen LogP contribution in [0.25, 0.3) is 6.08 Å². The van der Waals surface area contributed by atoms with E-state index in [0.717, 1.165) is 37.7 Å². The van der Waals surface area contributed by atoms with Crippen LogP contribution in [0.15, 0.2) is 55.1 Å². The van der Waals surface area contributed by atoms with Gasteiger partial charge in [0.05, 0.1) is 7.11 Å². The summed E-state index contributed by atoms with van der Waals surface area (Å²) in [6.45, 7) is 11.4. The number of unbranched alkanes of at least 4 members (excludes halogenated alkanes) is 5. The van der Waals surface area contributed by atoms with Crippen LogP contribution in [0.1, 0.15) is 83.4 Å². The molecule has 0 fully saturated rings. The van der Waals surface area contributed by atoms with Crippen LogP contribution in [0.5, 0.6) is 5.75 Å². The third kappa shape index (κ3) is 11.1. The van der Waals surface area contributed by atoms with Gasteiger partial charge >= 0.3 is 6.09 Å². The Balaban J connectivity index is 2.36. The van der Waals surface area contributed by atoms with Gasteiger partial charge in [-0.3, -0.25) is 9.59 Å². The van der Waals surface area contributed by atoms with Crippen molar-refractivity contribution in [1.29, 1.82) is 0 Å². The van der Waals surface area contributed by atoms with Crippen molar-refractivity contribution in [2.45, 2.75) is 77.9 Å². The molecule has 0 spiro atoms. The molecule has 0 radical (unpaired) electrons. The second kappa shape index (κ2) is 16.3. The molecule has 0 heterocycles. The molecule has 0 saturated heterocycles. The third-order valence-corrected chi connectivity index (χ3v) is 6.24. The van der Waals surface area contributed by atoms with Gasteiger partial charge in [-0.05, 0) is 68.7 Å². The predicted molar refractivity (Wildman–Crippen MR) is 160 cm³/mol. The molecule has 3 amide bonds. The Hall–Kier alpha value is -3.81. The molecule has 1 atom stereocenters. The zero-order valence-corrected chi connectivity index (χ0v) is 24.6. The normalized spacial score (nSPS) is 11.7. The summed E-state index contributed by atoms with van der Waals surface area (Å²) in [5, 5.41) is 5.51. The maximum absolute atomic E-state index is 13.8. The molecule has 0 saturated carbocycles. The van der Waals surface area contributed by atoms with E-state index in [2.05, 4.69) is 24.1 Å². The molecule has 2 aromatic carbocycles. The number of carbonyl (C=O) groups excluding carboxylic acids is 3. The van der Waals surface area contributed by atoms with Crippen LogP contribution < -0.4 is 15.4 Å². The van der Waals surface area contributed by atoms with Gasteiger partial charge in [0.1, 0.15) is 23.9 Å². The summed E-state index contributed by atoms with van der Waals surface area (Å²) in [7, 11) is 1.58. The summed E-state index contributed by atoms with van der Waals surface area (Å²) in [6, 6.07) is 13.5. The number of benzene rings is 2. The Labute approximate surface area is 239 Å². The lowest BCUT2D eigenvalue weighted by Gasteiger charge is -2.32. The van der Waals surface area contributed by atoms with E-state index in [4.69, 9.17) is 9.47 Å². The van der Waals surface area contributed by atoms with E-state index in [-0.39, 0.29) is 18.4 Å². The quantitative estimate of drug-likeness (QED) is 0.239. The Bertz CT molecular complexity index is 1110. The molecule has 0 aromatic heterocycles. The monoisotopic (exact) mass is 551 g/mol. The minimum Gasteiger partial charge on any atom is -0.497 e. The van der Waals surface area contributed by atoms with Crippen molar-refractivity contribution in [2.24, 2.45) is 0 Å². The maximum Gasteiger partial charge on any atom is 0.408 e. The second-order valence-corrected chi connectivity index (χ2v) is 10.7. The van der Waals surface area contributed by atoms with Crippen molar-refractivity contribution in [3.05, 3.63) is 66.2 Å². The first-order chi connectivity index (χ1) is 19.1. The van der Waals surface area contributed by atoms with E-state index in [1.165, 1.54) is 6.42 Å². The molecule has 8 heteroatoms. The van der Waals surface area contributed by atoms with Crippen LogP contribution in [0.2, 0.25) is 0 Å². The van der Waals surface area contributed by atoms with Gasteiger partial charge in [0, 0.05) is 12.2 Å². The first-order valence-corrected chi connectivity index (χ1v) is 14.0. The minimum absolute atomic E-state index is 0.293. The van der Waals surface area contributed by atoms with Gasteiger partial charge in [0.2, 0.25) is 5.91 Å². The van der Waals surface area contributed by atoms with Crippen LogP contribution in [-0.2, 0) is 14.3 Å². The summed E-state index contributed by atoms with van der Waals surface area (Å²) in [5.74, 6) is -0.0670. The summed E-state index contributed by atoms with van der Waals surface area (Å²) < 4.78 is 10.5. The molecule has 1 unspecified atom stereocenters. The van der Waals surface area contributed by atoms with Crippen LogP contribution in [0.3, 0.4) is 0 Å². The lowest BCUT2D eigenvalue weighted by Crippen LogP contribution is -2.47. The number of nitrogens with zero attached hydrogens (tertiary/aromatic N) is 1. The largest absolute Gasteiger partial charge is 0.497 e. The number of anilines is 1. The van der Waals surface area contributed by atoms with Crippen LogP contribution in [-0.4, -0.2) is 48.6 Å². The fourth-order valence-electron chi connectivity index (χ4n) is 4.24. The highest BCUT2D eigenvalue weighted by Gasteiger charge is 2.32. The second-order valence-electron chi connectivity index (χ2n) is 10.7. The van der Waals surface area contributed by atoms with E-state index in [1.54, 1.807) is 63.1 Å². The molecule has 2 rings (SSSR count). The highest BCUT2D eigenvalue weighted by Crippen LogP contribution is 2.26. The molecular formula is C32H45N3O5. The number of nitrogens with one attached hydrogen (secondary N) is 2. The summed E-state index contributed by atoms with van der Waals surface area (Å²) >= 11 is 0.